The summed E-state index contributed by atoms with van der Waals surface area (Å²) in [6, 6.07) is 13.0. The van der Waals surface area contributed by atoms with Crippen LogP contribution in [0.5, 0.6) is 0 Å². The van der Waals surface area contributed by atoms with Crippen LogP contribution in [0.4, 0.5) is 5.82 Å². The molecule has 1 aliphatic heterocycles. The highest BCUT2D eigenvalue weighted by atomic mass is 15.4. The third-order valence-corrected chi connectivity index (χ3v) is 6.72. The lowest BCUT2D eigenvalue weighted by Gasteiger charge is -2.45. The molecular weight excluding hydrogens is 398 g/mol. The predicted molar refractivity (Wildman–Crippen MR) is 124 cm³/mol. The van der Waals surface area contributed by atoms with Gasteiger partial charge in [-0.1, -0.05) is 37.3 Å². The molecule has 1 fully saturated rings. The highest BCUT2D eigenvalue weighted by Crippen LogP contribution is 2.44. The van der Waals surface area contributed by atoms with Gasteiger partial charge in [-0.3, -0.25) is 9.55 Å². The lowest BCUT2D eigenvalue weighted by molar-refractivity contribution is 0.341. The summed E-state index contributed by atoms with van der Waals surface area (Å²) in [5.74, 6) is 3.57. The van der Waals surface area contributed by atoms with Gasteiger partial charge in [0.05, 0.1) is 12.2 Å². The van der Waals surface area contributed by atoms with Gasteiger partial charge in [0.1, 0.15) is 11.5 Å². The Morgan fingerprint density at radius 2 is 1.84 bits per heavy atom. The Kier molecular flexibility index (Phi) is 4.48. The van der Waals surface area contributed by atoms with Gasteiger partial charge in [0.15, 0.2) is 17.5 Å². The molecule has 1 aromatic carbocycles. The maximum Gasteiger partial charge on any atom is 0.162 e. The summed E-state index contributed by atoms with van der Waals surface area (Å²) in [7, 11) is 0. The monoisotopic (exact) mass is 423 g/mol. The number of aryl methyl sites for hydroxylation is 1. The average molecular weight is 424 g/mol. The highest BCUT2D eigenvalue weighted by Gasteiger charge is 2.40. The minimum atomic E-state index is 0.169. The largest absolute Gasteiger partial charge is 0.342 e. The van der Waals surface area contributed by atoms with E-state index in [1.54, 1.807) is 0 Å². The molecule has 1 atom stereocenters. The van der Waals surface area contributed by atoms with Gasteiger partial charge in [0, 0.05) is 29.6 Å². The summed E-state index contributed by atoms with van der Waals surface area (Å²) < 4.78 is 2.13. The number of pyridine rings is 1. The SMILES string of the molecule is CC[C@@H]1c2nnc(C)n2-c2cnc(-c3ccncc3-c3ccccc3)nc2N1C1CCC1. The van der Waals surface area contributed by atoms with Crippen molar-refractivity contribution < 1.29 is 0 Å². The number of aromatic nitrogens is 6. The van der Waals surface area contributed by atoms with Gasteiger partial charge in [-0.15, -0.1) is 10.2 Å². The van der Waals surface area contributed by atoms with Gasteiger partial charge in [0.25, 0.3) is 0 Å². The van der Waals surface area contributed by atoms with E-state index in [1.807, 2.05) is 49.8 Å². The van der Waals surface area contributed by atoms with Crippen molar-refractivity contribution in [2.24, 2.45) is 0 Å². The second kappa shape index (κ2) is 7.51. The van der Waals surface area contributed by atoms with E-state index >= 15 is 0 Å². The first-order valence-corrected chi connectivity index (χ1v) is 11.3. The van der Waals surface area contributed by atoms with Gasteiger partial charge >= 0.3 is 0 Å². The molecular formula is C25H25N7. The number of hydrogen-bond donors (Lipinski definition) is 0. The fourth-order valence-corrected chi connectivity index (χ4v) is 4.92. The van der Waals surface area contributed by atoms with Crippen LogP contribution in [0.25, 0.3) is 28.2 Å². The van der Waals surface area contributed by atoms with Gasteiger partial charge in [-0.25, -0.2) is 9.97 Å². The molecule has 7 nitrogen and oxygen atoms in total. The van der Waals surface area contributed by atoms with Crippen molar-refractivity contribution in [2.45, 2.75) is 51.6 Å². The number of benzene rings is 1. The standard InChI is InChI=1S/C25H25N7/c1-3-21-25-30-29-16(2)31(25)22-15-27-23(28-24(22)32(21)18-10-7-11-18)19-12-13-26-14-20(19)17-8-5-4-6-9-17/h4-6,8-9,12-15,18,21H,3,7,10-11H2,1-2H3/t21-/m1/s1. The zero-order chi connectivity index (χ0) is 21.7. The molecule has 3 aromatic heterocycles. The molecule has 0 radical (unpaired) electrons. The van der Waals surface area contributed by atoms with E-state index in [0.29, 0.717) is 6.04 Å². The van der Waals surface area contributed by atoms with E-state index in [2.05, 4.69) is 43.7 Å². The molecule has 1 saturated carbocycles. The molecule has 0 N–H and O–H groups in total. The first-order valence-electron chi connectivity index (χ1n) is 11.3. The molecule has 7 heteroatoms. The first-order chi connectivity index (χ1) is 15.8. The third-order valence-electron chi connectivity index (χ3n) is 6.72. The Balaban J connectivity index is 1.55. The quantitative estimate of drug-likeness (QED) is 0.464. The van der Waals surface area contributed by atoms with Crippen LogP contribution in [-0.2, 0) is 0 Å². The molecule has 0 bridgehead atoms. The molecule has 0 unspecified atom stereocenters. The summed E-state index contributed by atoms with van der Waals surface area (Å²) in [5.41, 5.74) is 4.10. The van der Waals surface area contributed by atoms with Crippen LogP contribution < -0.4 is 4.90 Å². The number of rotatable bonds is 4. The molecule has 32 heavy (non-hydrogen) atoms. The molecule has 0 saturated heterocycles. The second-order valence-electron chi connectivity index (χ2n) is 8.55. The summed E-state index contributed by atoms with van der Waals surface area (Å²) in [6.07, 6.45) is 10.2. The normalized spacial score (nSPS) is 17.6. The van der Waals surface area contributed by atoms with Gasteiger partial charge < -0.3 is 4.90 Å². The van der Waals surface area contributed by atoms with Crippen molar-refractivity contribution in [1.82, 2.24) is 29.7 Å². The summed E-state index contributed by atoms with van der Waals surface area (Å²) in [4.78, 5) is 16.9. The van der Waals surface area contributed by atoms with Crippen molar-refractivity contribution in [1.29, 1.82) is 0 Å². The predicted octanol–water partition coefficient (Wildman–Crippen LogP) is 4.92. The fraction of sp³-hybridized carbons (Fsp3) is 0.320. The topological polar surface area (TPSA) is 72.6 Å². The maximum absolute atomic E-state index is 5.18. The van der Waals surface area contributed by atoms with Crippen LogP contribution in [0.1, 0.15) is 50.3 Å². The highest BCUT2D eigenvalue weighted by molar-refractivity contribution is 5.80. The number of nitrogens with zero attached hydrogens (tertiary/aromatic N) is 7. The lowest BCUT2D eigenvalue weighted by Crippen LogP contribution is -2.46. The van der Waals surface area contributed by atoms with E-state index in [9.17, 15) is 0 Å². The number of hydrogen-bond acceptors (Lipinski definition) is 6. The molecule has 4 heterocycles. The molecule has 0 amide bonds. The minimum absolute atomic E-state index is 0.169. The summed E-state index contributed by atoms with van der Waals surface area (Å²) in [5, 5.41) is 8.93. The second-order valence-corrected chi connectivity index (χ2v) is 8.55. The van der Waals surface area contributed by atoms with Crippen LogP contribution in [0.2, 0.25) is 0 Å². The van der Waals surface area contributed by atoms with Crippen molar-refractivity contribution in [3.05, 3.63) is 66.6 Å². The molecule has 160 valence electrons. The number of fused-ring (bicyclic) bond motifs is 3. The Morgan fingerprint density at radius 1 is 1.00 bits per heavy atom. The Labute approximate surface area is 187 Å². The summed E-state index contributed by atoms with van der Waals surface area (Å²) >= 11 is 0. The average Bonchev–Trinajstić information content (AvgIpc) is 3.20. The number of anilines is 1. The smallest absolute Gasteiger partial charge is 0.162 e. The minimum Gasteiger partial charge on any atom is -0.342 e. The fourth-order valence-electron chi connectivity index (χ4n) is 4.92. The van der Waals surface area contributed by atoms with Crippen LogP contribution in [0.15, 0.2) is 55.0 Å². The molecule has 1 aliphatic carbocycles. The van der Waals surface area contributed by atoms with Crippen LogP contribution >= 0.6 is 0 Å². The van der Waals surface area contributed by atoms with E-state index in [-0.39, 0.29) is 6.04 Å². The van der Waals surface area contributed by atoms with Crippen molar-refractivity contribution in [3.63, 3.8) is 0 Å². The molecule has 2 aliphatic rings. The zero-order valence-electron chi connectivity index (χ0n) is 18.3. The maximum atomic E-state index is 5.18. The van der Waals surface area contributed by atoms with E-state index < -0.39 is 0 Å². The first kappa shape index (κ1) is 19.1. The van der Waals surface area contributed by atoms with Crippen molar-refractivity contribution >= 4 is 5.82 Å². The Morgan fingerprint density at radius 3 is 2.59 bits per heavy atom. The summed E-state index contributed by atoms with van der Waals surface area (Å²) in [6.45, 7) is 4.21. The van der Waals surface area contributed by atoms with Crippen molar-refractivity contribution in [2.75, 3.05) is 4.90 Å². The lowest BCUT2D eigenvalue weighted by atomic mass is 9.89. The zero-order valence-corrected chi connectivity index (χ0v) is 18.3. The van der Waals surface area contributed by atoms with Crippen molar-refractivity contribution in [3.8, 4) is 28.2 Å². The van der Waals surface area contributed by atoms with Crippen LogP contribution in [0.3, 0.4) is 0 Å². The van der Waals surface area contributed by atoms with Crippen LogP contribution in [0, 0.1) is 6.92 Å². The molecule has 6 rings (SSSR count). The third kappa shape index (κ3) is 2.84. The Bertz CT molecular complexity index is 1280. The van der Waals surface area contributed by atoms with E-state index in [4.69, 9.17) is 9.97 Å². The van der Waals surface area contributed by atoms with Gasteiger partial charge in [0.2, 0.25) is 0 Å². The molecule has 0 spiro atoms. The van der Waals surface area contributed by atoms with Gasteiger partial charge in [-0.2, -0.15) is 0 Å². The molecule has 4 aromatic rings. The Hall–Kier alpha value is -3.61. The van der Waals surface area contributed by atoms with E-state index in [1.165, 1.54) is 19.3 Å². The van der Waals surface area contributed by atoms with Gasteiger partial charge in [-0.05, 0) is 44.2 Å². The van der Waals surface area contributed by atoms with Crippen LogP contribution in [-0.4, -0.2) is 35.8 Å². The van der Waals surface area contributed by atoms with E-state index in [0.717, 1.165) is 52.1 Å².